The Kier molecular flexibility index (Phi) is 2.09. The fraction of sp³-hybridized carbons (Fsp3) is 1.00. The molecule has 0 aromatic heterocycles. The van der Waals surface area contributed by atoms with Gasteiger partial charge >= 0.3 is 0 Å². The van der Waals surface area contributed by atoms with Crippen molar-refractivity contribution in [2.75, 3.05) is 0 Å². The van der Waals surface area contributed by atoms with E-state index < -0.39 is 0 Å². The predicted octanol–water partition coefficient (Wildman–Crippen LogP) is 2.43. The largest absolute Gasteiger partial charge is 0.302 e. The first-order valence-corrected chi connectivity index (χ1v) is 6.28. The molecule has 4 fully saturated rings. The minimum atomic E-state index is 0.509. The molecule has 0 aromatic carbocycles. The molecule has 1 N–H and O–H groups in total. The van der Waals surface area contributed by atoms with Crippen molar-refractivity contribution in [1.82, 2.24) is 5.32 Å². The maximum atomic E-state index is 4.60. The molecule has 2 aliphatic heterocycles. The molecule has 0 radical (unpaired) electrons. The lowest BCUT2D eigenvalue weighted by molar-refractivity contribution is 0.115. The molecule has 1 nitrogen and oxygen atoms in total. The quantitative estimate of drug-likeness (QED) is 0.648. The third-order valence-corrected chi connectivity index (χ3v) is 4.76. The highest BCUT2D eigenvalue weighted by Gasteiger charge is 2.41. The van der Waals surface area contributed by atoms with Crippen LogP contribution in [0.1, 0.15) is 38.5 Å². The average molecular weight is 197 g/mol. The molecular weight excluding hydrogens is 178 g/mol. The molecule has 0 aromatic rings. The van der Waals surface area contributed by atoms with Gasteiger partial charge in [0.15, 0.2) is 0 Å². The van der Waals surface area contributed by atoms with Gasteiger partial charge in [-0.25, -0.2) is 0 Å². The maximum absolute atomic E-state index is 4.60. The van der Waals surface area contributed by atoms with E-state index in [2.05, 4.69) is 17.9 Å². The second kappa shape index (κ2) is 3.16. The Balaban J connectivity index is 1.64. The zero-order valence-corrected chi connectivity index (χ0v) is 8.97. The molecule has 4 unspecified atom stereocenters. The second-order valence-corrected chi connectivity index (χ2v) is 5.79. The summed E-state index contributed by atoms with van der Waals surface area (Å²) in [5.74, 6) is 2.97. The number of hydrogen-bond acceptors (Lipinski definition) is 2. The Morgan fingerprint density at radius 3 is 2.54 bits per heavy atom. The van der Waals surface area contributed by atoms with Crippen molar-refractivity contribution >= 4 is 12.6 Å². The highest BCUT2D eigenvalue weighted by Crippen LogP contribution is 2.45. The third-order valence-electron chi connectivity index (χ3n) is 4.19. The topological polar surface area (TPSA) is 12.0 Å². The summed E-state index contributed by atoms with van der Waals surface area (Å²) < 4.78 is 0. The van der Waals surface area contributed by atoms with Crippen LogP contribution in [-0.4, -0.2) is 11.4 Å². The molecule has 4 rings (SSSR count). The van der Waals surface area contributed by atoms with E-state index in [1.54, 1.807) is 0 Å². The molecule has 2 aliphatic carbocycles. The summed E-state index contributed by atoms with van der Waals surface area (Å²) in [4.78, 5) is 0. The van der Waals surface area contributed by atoms with E-state index in [0.717, 1.165) is 23.8 Å². The number of hydrogen-bond donors (Lipinski definition) is 2. The lowest BCUT2D eigenvalue weighted by Gasteiger charge is -2.47. The van der Waals surface area contributed by atoms with E-state index in [-0.39, 0.29) is 0 Å². The highest BCUT2D eigenvalue weighted by atomic mass is 32.1. The molecule has 2 heterocycles. The number of piperidine rings is 2. The van der Waals surface area contributed by atoms with Crippen LogP contribution in [0.15, 0.2) is 0 Å². The van der Waals surface area contributed by atoms with Gasteiger partial charge in [0.2, 0.25) is 0 Å². The highest BCUT2D eigenvalue weighted by molar-refractivity contribution is 7.80. The Labute approximate surface area is 86.1 Å². The molecule has 74 valence electrons. The van der Waals surface area contributed by atoms with Crippen molar-refractivity contribution in [2.24, 2.45) is 17.8 Å². The van der Waals surface area contributed by atoms with Gasteiger partial charge in [-0.05, 0) is 43.4 Å². The fourth-order valence-electron chi connectivity index (χ4n) is 3.20. The smallest absolute Gasteiger partial charge is 0.0533 e. The molecular formula is C11H19NS. The van der Waals surface area contributed by atoms with E-state index in [1.807, 2.05) is 0 Å². The van der Waals surface area contributed by atoms with Gasteiger partial charge in [0, 0.05) is 6.04 Å². The molecule has 4 aliphatic rings. The zero-order valence-electron chi connectivity index (χ0n) is 8.08. The van der Waals surface area contributed by atoms with Crippen LogP contribution in [0.2, 0.25) is 0 Å². The summed E-state index contributed by atoms with van der Waals surface area (Å²) >= 11 is 4.60. The van der Waals surface area contributed by atoms with Crippen LogP contribution in [0, 0.1) is 17.8 Å². The van der Waals surface area contributed by atoms with Crippen LogP contribution >= 0.6 is 12.6 Å². The Morgan fingerprint density at radius 1 is 1.15 bits per heavy atom. The first-order chi connectivity index (χ1) is 6.33. The summed E-state index contributed by atoms with van der Waals surface area (Å²) in [5, 5.41) is 4.17. The molecule has 2 saturated carbocycles. The van der Waals surface area contributed by atoms with E-state index in [4.69, 9.17) is 0 Å². The van der Waals surface area contributed by atoms with E-state index >= 15 is 0 Å². The summed E-state index contributed by atoms with van der Waals surface area (Å²) in [6.45, 7) is 0. The molecule has 2 saturated heterocycles. The Hall–Kier alpha value is 0.310. The monoisotopic (exact) mass is 197 g/mol. The molecule has 2 bridgehead atoms. The van der Waals surface area contributed by atoms with Crippen molar-refractivity contribution in [1.29, 1.82) is 0 Å². The zero-order chi connectivity index (χ0) is 8.84. The summed E-state index contributed by atoms with van der Waals surface area (Å²) in [7, 11) is 0. The van der Waals surface area contributed by atoms with Gasteiger partial charge in [0.25, 0.3) is 0 Å². The lowest BCUT2D eigenvalue weighted by Crippen LogP contribution is -2.54. The van der Waals surface area contributed by atoms with Gasteiger partial charge in [-0.15, -0.1) is 0 Å². The number of thiol groups is 1. The van der Waals surface area contributed by atoms with Crippen molar-refractivity contribution in [3.8, 4) is 0 Å². The van der Waals surface area contributed by atoms with E-state index in [1.165, 1.54) is 38.5 Å². The van der Waals surface area contributed by atoms with Gasteiger partial charge in [-0.1, -0.05) is 12.8 Å². The fourth-order valence-corrected chi connectivity index (χ4v) is 3.67. The summed E-state index contributed by atoms with van der Waals surface area (Å²) in [5.41, 5.74) is 0. The lowest BCUT2D eigenvalue weighted by atomic mass is 9.72. The van der Waals surface area contributed by atoms with Crippen molar-refractivity contribution in [3.63, 3.8) is 0 Å². The summed E-state index contributed by atoms with van der Waals surface area (Å²) in [6.07, 6.45) is 8.83. The van der Waals surface area contributed by atoms with Crippen LogP contribution in [0.25, 0.3) is 0 Å². The standard InChI is InChI=1S/C11H19NS/c13-11-8-3-4-10(12-11)9(6-8)5-7-1-2-7/h7-13H,1-6H2. The molecule has 13 heavy (non-hydrogen) atoms. The van der Waals surface area contributed by atoms with Crippen LogP contribution in [0.3, 0.4) is 0 Å². The maximum Gasteiger partial charge on any atom is 0.0533 e. The average Bonchev–Trinajstić information content (AvgIpc) is 2.91. The van der Waals surface area contributed by atoms with E-state index in [9.17, 15) is 0 Å². The van der Waals surface area contributed by atoms with Gasteiger partial charge in [0.1, 0.15) is 0 Å². The minimum absolute atomic E-state index is 0.509. The minimum Gasteiger partial charge on any atom is -0.302 e. The first-order valence-electron chi connectivity index (χ1n) is 5.77. The van der Waals surface area contributed by atoms with Crippen LogP contribution in [0.5, 0.6) is 0 Å². The number of fused-ring (bicyclic) bond motifs is 3. The van der Waals surface area contributed by atoms with Gasteiger partial charge in [0.05, 0.1) is 5.37 Å². The number of rotatable bonds is 2. The molecule has 4 atom stereocenters. The van der Waals surface area contributed by atoms with Gasteiger partial charge in [-0.2, -0.15) is 12.6 Å². The van der Waals surface area contributed by atoms with Crippen LogP contribution < -0.4 is 5.32 Å². The predicted molar refractivity (Wildman–Crippen MR) is 57.9 cm³/mol. The number of nitrogens with one attached hydrogen (secondary N) is 1. The van der Waals surface area contributed by atoms with Crippen LogP contribution in [0.4, 0.5) is 0 Å². The third kappa shape index (κ3) is 1.63. The van der Waals surface area contributed by atoms with Crippen molar-refractivity contribution in [2.45, 2.75) is 49.9 Å². The normalized spacial score (nSPS) is 49.6. The molecule has 0 amide bonds. The molecule has 2 heteroatoms. The molecule has 0 spiro atoms. The second-order valence-electron chi connectivity index (χ2n) is 5.23. The Morgan fingerprint density at radius 2 is 2.00 bits per heavy atom. The first kappa shape index (κ1) is 8.60. The van der Waals surface area contributed by atoms with Crippen molar-refractivity contribution in [3.05, 3.63) is 0 Å². The van der Waals surface area contributed by atoms with E-state index in [0.29, 0.717) is 5.37 Å². The Bertz CT molecular complexity index is 202. The van der Waals surface area contributed by atoms with Crippen molar-refractivity contribution < 1.29 is 0 Å². The SMILES string of the molecule is SC1NC2CCC1CC2CC1CC1. The van der Waals surface area contributed by atoms with Gasteiger partial charge < -0.3 is 5.32 Å². The van der Waals surface area contributed by atoms with Crippen LogP contribution in [-0.2, 0) is 0 Å². The van der Waals surface area contributed by atoms with Gasteiger partial charge in [-0.3, -0.25) is 0 Å². The summed E-state index contributed by atoms with van der Waals surface area (Å²) in [6, 6.07) is 0.813.